The molecule has 8 N–H and O–H groups in total. The number of nitrogens with one attached hydrogen (secondary N) is 2. The van der Waals surface area contributed by atoms with Crippen LogP contribution in [0.2, 0.25) is 0 Å². The third-order valence-corrected chi connectivity index (χ3v) is 7.00. The molecule has 0 bridgehead atoms. The van der Waals surface area contributed by atoms with Gasteiger partial charge in [-0.05, 0) is 23.1 Å². The Morgan fingerprint density at radius 3 is 1.70 bits per heavy atom. The quantitative estimate of drug-likeness (QED) is 0.125. The molecule has 0 aliphatic carbocycles. The number of amides is 2. The van der Waals surface area contributed by atoms with Crippen LogP contribution in [0, 0.1) is 0 Å². The second kappa shape index (κ2) is 16.5. The molecule has 3 rings (SSSR count). The van der Waals surface area contributed by atoms with E-state index < -0.39 is 66.9 Å². The highest BCUT2D eigenvalue weighted by molar-refractivity contribution is 5.83. The summed E-state index contributed by atoms with van der Waals surface area (Å²) in [6.45, 7) is 0.872. The van der Waals surface area contributed by atoms with E-state index in [4.69, 9.17) is 10.5 Å². The van der Waals surface area contributed by atoms with Gasteiger partial charge in [0.05, 0.1) is 31.2 Å². The van der Waals surface area contributed by atoms with Gasteiger partial charge in [0.2, 0.25) is 5.91 Å². The summed E-state index contributed by atoms with van der Waals surface area (Å²) in [5.41, 5.74) is 7.69. The largest absolute Gasteiger partial charge is 0.452 e. The van der Waals surface area contributed by atoms with Gasteiger partial charge in [0.25, 0.3) is 5.91 Å². The minimum atomic E-state index is -2.18. The Balaban J connectivity index is 1.75. The summed E-state index contributed by atoms with van der Waals surface area (Å²) in [6, 6.07) is 23.6. The molecule has 0 saturated heterocycles. The molecule has 0 aliphatic rings. The maximum absolute atomic E-state index is 13.3. The number of esters is 1. The molecule has 0 spiro atoms. The number of hydrogen-bond donors (Lipinski definition) is 7. The van der Waals surface area contributed by atoms with Gasteiger partial charge in [0, 0.05) is 0 Å². The summed E-state index contributed by atoms with van der Waals surface area (Å²) in [5, 5.41) is 46.2. The molecular weight excluding hydrogens is 554 g/mol. The first-order valence-electron chi connectivity index (χ1n) is 14.0. The van der Waals surface area contributed by atoms with E-state index in [1.165, 1.54) is 0 Å². The maximum Gasteiger partial charge on any atom is 0.309 e. The lowest BCUT2D eigenvalue weighted by molar-refractivity contribution is -0.149. The second-order valence-corrected chi connectivity index (χ2v) is 10.1. The normalized spacial score (nSPS) is 15.4. The van der Waals surface area contributed by atoms with E-state index in [1.54, 1.807) is 37.3 Å². The lowest BCUT2D eigenvalue weighted by Crippen LogP contribution is -2.58. The number of rotatable bonds is 15. The zero-order valence-electron chi connectivity index (χ0n) is 23.8. The molecule has 11 heteroatoms. The Hall–Kier alpha value is -4.13. The van der Waals surface area contributed by atoms with Crippen LogP contribution in [-0.2, 0) is 19.1 Å². The van der Waals surface area contributed by atoms with Crippen LogP contribution >= 0.6 is 0 Å². The van der Waals surface area contributed by atoms with Crippen LogP contribution in [0.25, 0.3) is 0 Å². The van der Waals surface area contributed by atoms with Crippen molar-refractivity contribution in [2.24, 2.45) is 5.73 Å². The Morgan fingerprint density at radius 1 is 0.744 bits per heavy atom. The number of ether oxygens (including phenoxy) is 1. The predicted octanol–water partition coefficient (Wildman–Crippen LogP) is 0.864. The average molecular weight is 594 g/mol. The van der Waals surface area contributed by atoms with Crippen LogP contribution in [0.15, 0.2) is 91.0 Å². The SMILES string of the molecule is CC[C@H](N)C(=O)N[C@@H](CO)[C@@H](O)[C@@H](O)[C@H](O)C(=O)N[C@@H](CC(=O)OC(c1ccccc1)c1ccccc1)c1ccccc1. The van der Waals surface area contributed by atoms with Crippen LogP contribution in [0.3, 0.4) is 0 Å². The molecule has 3 aromatic carbocycles. The van der Waals surface area contributed by atoms with Crippen molar-refractivity contribution in [2.75, 3.05) is 6.61 Å². The van der Waals surface area contributed by atoms with E-state index >= 15 is 0 Å². The minimum absolute atomic E-state index is 0.286. The van der Waals surface area contributed by atoms with E-state index in [0.717, 1.165) is 11.1 Å². The third kappa shape index (κ3) is 9.43. The number of nitrogens with two attached hydrogens (primary N) is 1. The zero-order chi connectivity index (χ0) is 31.4. The van der Waals surface area contributed by atoms with E-state index in [9.17, 15) is 34.8 Å². The average Bonchev–Trinajstić information content (AvgIpc) is 3.05. The van der Waals surface area contributed by atoms with Crippen molar-refractivity contribution in [3.8, 4) is 0 Å². The molecule has 3 aromatic rings. The van der Waals surface area contributed by atoms with Gasteiger partial charge in [-0.1, -0.05) is 97.9 Å². The number of aliphatic hydroxyl groups is 4. The Kier molecular flexibility index (Phi) is 12.8. The molecule has 0 fully saturated rings. The fraction of sp³-hybridized carbons (Fsp3) is 0.344. The highest BCUT2D eigenvalue weighted by atomic mass is 16.5. The zero-order valence-corrected chi connectivity index (χ0v) is 23.8. The molecule has 0 saturated carbocycles. The highest BCUT2D eigenvalue weighted by Gasteiger charge is 2.37. The number of carbonyl (C=O) groups excluding carboxylic acids is 3. The van der Waals surface area contributed by atoms with Crippen molar-refractivity contribution in [3.05, 3.63) is 108 Å². The van der Waals surface area contributed by atoms with Crippen LogP contribution in [0.4, 0.5) is 0 Å². The van der Waals surface area contributed by atoms with Gasteiger partial charge in [0.15, 0.2) is 12.2 Å². The Morgan fingerprint density at radius 2 is 1.23 bits per heavy atom. The smallest absolute Gasteiger partial charge is 0.309 e. The van der Waals surface area contributed by atoms with Crippen molar-refractivity contribution in [2.45, 2.75) is 62.3 Å². The molecule has 230 valence electrons. The first-order chi connectivity index (χ1) is 20.7. The van der Waals surface area contributed by atoms with Crippen molar-refractivity contribution in [3.63, 3.8) is 0 Å². The highest BCUT2D eigenvalue weighted by Crippen LogP contribution is 2.28. The van der Waals surface area contributed by atoms with Gasteiger partial charge < -0.3 is 41.5 Å². The van der Waals surface area contributed by atoms with E-state index in [2.05, 4.69) is 10.6 Å². The summed E-state index contributed by atoms with van der Waals surface area (Å²) in [6.07, 6.45) is -6.94. The van der Waals surface area contributed by atoms with Gasteiger partial charge in [-0.3, -0.25) is 14.4 Å². The summed E-state index contributed by atoms with van der Waals surface area (Å²) in [4.78, 5) is 38.4. The molecule has 0 radical (unpaired) electrons. The molecule has 2 amide bonds. The van der Waals surface area contributed by atoms with Crippen LogP contribution in [-0.4, -0.2) is 75.2 Å². The predicted molar refractivity (Wildman–Crippen MR) is 158 cm³/mol. The number of hydrogen-bond acceptors (Lipinski definition) is 9. The standard InChI is InChI=1S/C32H39N3O8/c1-2-23(33)31(41)35-25(19-36)27(38)28(39)29(40)32(42)34-24(20-12-6-3-7-13-20)18-26(37)43-30(21-14-8-4-9-15-21)22-16-10-5-11-17-22/h3-17,23-25,27-30,36,38-40H,2,18-19,33H2,1H3,(H,34,42)(H,35,41)/t23-,24-,25-,27+,28+,29-/m0/s1. The first-order valence-corrected chi connectivity index (χ1v) is 14.0. The molecular formula is C32H39N3O8. The lowest BCUT2D eigenvalue weighted by Gasteiger charge is -2.30. The van der Waals surface area contributed by atoms with Crippen molar-refractivity contribution < 1.29 is 39.5 Å². The molecule has 0 unspecified atom stereocenters. The second-order valence-electron chi connectivity index (χ2n) is 10.1. The summed E-state index contributed by atoms with van der Waals surface area (Å²) in [5.74, 6) is -2.42. The Labute approximate surface area is 250 Å². The summed E-state index contributed by atoms with van der Waals surface area (Å²) in [7, 11) is 0. The fourth-order valence-electron chi connectivity index (χ4n) is 4.42. The molecule has 0 aliphatic heterocycles. The van der Waals surface area contributed by atoms with Crippen molar-refractivity contribution in [1.82, 2.24) is 10.6 Å². The number of aliphatic hydroxyl groups excluding tert-OH is 4. The van der Waals surface area contributed by atoms with Gasteiger partial charge in [-0.25, -0.2) is 0 Å². The fourth-order valence-corrected chi connectivity index (χ4v) is 4.42. The number of benzene rings is 3. The van der Waals surface area contributed by atoms with E-state index in [1.807, 2.05) is 60.7 Å². The van der Waals surface area contributed by atoms with E-state index in [-0.39, 0.29) is 12.8 Å². The molecule has 6 atom stereocenters. The van der Waals surface area contributed by atoms with Crippen molar-refractivity contribution in [1.29, 1.82) is 0 Å². The van der Waals surface area contributed by atoms with Gasteiger partial charge in [0.1, 0.15) is 12.2 Å². The molecule has 43 heavy (non-hydrogen) atoms. The first kappa shape index (κ1) is 33.4. The number of carbonyl (C=O) groups is 3. The third-order valence-electron chi connectivity index (χ3n) is 7.00. The van der Waals surface area contributed by atoms with Gasteiger partial charge in [-0.15, -0.1) is 0 Å². The molecule has 11 nitrogen and oxygen atoms in total. The van der Waals surface area contributed by atoms with Crippen LogP contribution in [0.1, 0.15) is 48.6 Å². The topological polar surface area (TPSA) is 191 Å². The molecule has 0 heterocycles. The summed E-state index contributed by atoms with van der Waals surface area (Å²) >= 11 is 0. The summed E-state index contributed by atoms with van der Waals surface area (Å²) < 4.78 is 5.89. The monoisotopic (exact) mass is 593 g/mol. The van der Waals surface area contributed by atoms with Crippen molar-refractivity contribution >= 4 is 17.8 Å². The molecule has 0 aromatic heterocycles. The van der Waals surface area contributed by atoms with Crippen LogP contribution < -0.4 is 16.4 Å². The van der Waals surface area contributed by atoms with Gasteiger partial charge in [-0.2, -0.15) is 0 Å². The van der Waals surface area contributed by atoms with E-state index in [0.29, 0.717) is 5.56 Å². The Bertz CT molecular complexity index is 1260. The lowest BCUT2D eigenvalue weighted by atomic mass is 9.98. The van der Waals surface area contributed by atoms with Gasteiger partial charge >= 0.3 is 5.97 Å². The minimum Gasteiger partial charge on any atom is -0.452 e. The van der Waals surface area contributed by atoms with Crippen LogP contribution in [0.5, 0.6) is 0 Å². The maximum atomic E-state index is 13.3.